The van der Waals surface area contributed by atoms with E-state index in [9.17, 15) is 19.8 Å². The second-order valence-electron chi connectivity index (χ2n) is 6.13. The van der Waals surface area contributed by atoms with Gasteiger partial charge >= 0.3 is 5.97 Å². The van der Waals surface area contributed by atoms with E-state index >= 15 is 0 Å². The topological polar surface area (TPSA) is 114 Å². The minimum atomic E-state index is -1.06. The molecule has 8 heteroatoms. The Morgan fingerprint density at radius 3 is 2.41 bits per heavy atom. The monoisotopic (exact) mass is 433 g/mol. The van der Waals surface area contributed by atoms with Crippen LogP contribution in [0.1, 0.15) is 15.9 Å². The molecule has 0 spiro atoms. The van der Waals surface area contributed by atoms with Crippen LogP contribution >= 0.6 is 24.8 Å². The van der Waals surface area contributed by atoms with Crippen LogP contribution in [0.15, 0.2) is 63.8 Å². The third-order valence-electron chi connectivity index (χ3n) is 4.57. The molecule has 0 aromatic heterocycles. The normalized spacial score (nSPS) is 10.4. The van der Waals surface area contributed by atoms with Gasteiger partial charge in [0.1, 0.15) is 17.1 Å². The Morgan fingerprint density at radius 2 is 1.72 bits per heavy atom. The lowest BCUT2D eigenvalue weighted by atomic mass is 9.90. The number of aromatic hydroxyl groups is 1. The summed E-state index contributed by atoms with van der Waals surface area (Å²) >= 11 is 0. The first-order valence-corrected chi connectivity index (χ1v) is 8.25. The molecular formula is C21H17Cl2NO5. The van der Waals surface area contributed by atoms with Gasteiger partial charge in [-0.2, -0.15) is 0 Å². The molecule has 2 aliphatic rings. The fourth-order valence-electron chi connectivity index (χ4n) is 3.35. The van der Waals surface area contributed by atoms with Crippen molar-refractivity contribution in [2.24, 2.45) is 5.73 Å². The van der Waals surface area contributed by atoms with Crippen LogP contribution in [0.3, 0.4) is 0 Å². The van der Waals surface area contributed by atoms with Gasteiger partial charge in [0.05, 0.1) is 11.1 Å². The van der Waals surface area contributed by atoms with Gasteiger partial charge in [-0.25, -0.2) is 4.79 Å². The van der Waals surface area contributed by atoms with Crippen LogP contribution in [-0.2, 0) is 6.54 Å². The summed E-state index contributed by atoms with van der Waals surface area (Å²) in [4.78, 5) is 23.6. The molecule has 0 amide bonds. The number of phenolic OH excluding ortho intramolecular Hbond substituents is 1. The lowest BCUT2D eigenvalue weighted by molar-refractivity contribution is 0.0697. The molecule has 6 nitrogen and oxygen atoms in total. The van der Waals surface area contributed by atoms with Gasteiger partial charge in [0.25, 0.3) is 0 Å². The summed E-state index contributed by atoms with van der Waals surface area (Å²) in [5.74, 6) is -0.791. The number of hydrogen-bond donors (Lipinski definition) is 3. The first-order chi connectivity index (χ1) is 13.0. The van der Waals surface area contributed by atoms with E-state index in [4.69, 9.17) is 10.2 Å². The molecule has 0 atom stereocenters. The van der Waals surface area contributed by atoms with Crippen LogP contribution in [0.5, 0.6) is 5.75 Å². The molecule has 1 aliphatic carbocycles. The van der Waals surface area contributed by atoms with Crippen LogP contribution in [0.25, 0.3) is 33.4 Å². The van der Waals surface area contributed by atoms with E-state index in [0.29, 0.717) is 39.0 Å². The maximum Gasteiger partial charge on any atom is 0.336 e. The van der Waals surface area contributed by atoms with E-state index < -0.39 is 5.97 Å². The molecule has 1 heterocycles. The predicted octanol–water partition coefficient (Wildman–Crippen LogP) is 4.27. The Morgan fingerprint density at radius 1 is 1.00 bits per heavy atom. The molecule has 0 radical (unpaired) electrons. The number of phenols is 1. The van der Waals surface area contributed by atoms with E-state index in [0.717, 1.165) is 0 Å². The number of nitrogens with two attached hydrogens (primary N) is 1. The third kappa shape index (κ3) is 3.65. The van der Waals surface area contributed by atoms with Crippen LogP contribution < -0.4 is 11.2 Å². The second kappa shape index (κ2) is 8.53. The van der Waals surface area contributed by atoms with Crippen molar-refractivity contribution in [3.63, 3.8) is 0 Å². The van der Waals surface area contributed by atoms with E-state index in [2.05, 4.69) is 0 Å². The molecular weight excluding hydrogens is 417 g/mol. The number of benzene rings is 3. The van der Waals surface area contributed by atoms with Crippen molar-refractivity contribution in [1.82, 2.24) is 0 Å². The summed E-state index contributed by atoms with van der Waals surface area (Å²) in [5.41, 5.74) is 8.08. The zero-order chi connectivity index (χ0) is 19.1. The maximum atomic E-state index is 11.8. The molecule has 2 aromatic rings. The van der Waals surface area contributed by atoms with Gasteiger partial charge in [-0.3, -0.25) is 4.79 Å². The number of carboxylic acid groups (broad SMARTS) is 1. The number of halogens is 2. The predicted molar refractivity (Wildman–Crippen MR) is 116 cm³/mol. The molecule has 4 rings (SSSR count). The molecule has 29 heavy (non-hydrogen) atoms. The van der Waals surface area contributed by atoms with Crippen molar-refractivity contribution in [2.45, 2.75) is 6.54 Å². The number of hydrogen-bond acceptors (Lipinski definition) is 5. The highest BCUT2D eigenvalue weighted by molar-refractivity contribution is 6.08. The van der Waals surface area contributed by atoms with Crippen LogP contribution in [-0.4, -0.2) is 16.2 Å². The SMILES string of the molecule is Cl.Cl.NCc1c(O)ccc2c(-c3ccccc3C(=O)O)c3ccc(=O)cc-3oc12. The second-order valence-corrected chi connectivity index (χ2v) is 6.13. The van der Waals surface area contributed by atoms with Crippen LogP contribution in [0.2, 0.25) is 0 Å². The van der Waals surface area contributed by atoms with Gasteiger partial charge in [-0.05, 0) is 35.9 Å². The zero-order valence-electron chi connectivity index (χ0n) is 14.9. The van der Waals surface area contributed by atoms with Crippen LogP contribution in [0, 0.1) is 0 Å². The van der Waals surface area contributed by atoms with Crippen molar-refractivity contribution in [3.05, 3.63) is 75.9 Å². The van der Waals surface area contributed by atoms with Gasteiger partial charge in [0, 0.05) is 29.1 Å². The van der Waals surface area contributed by atoms with E-state index in [1.54, 1.807) is 30.3 Å². The fraction of sp³-hybridized carbons (Fsp3) is 0.0476. The van der Waals surface area contributed by atoms with Crippen molar-refractivity contribution >= 4 is 41.8 Å². The Hall–Kier alpha value is -3.06. The quantitative estimate of drug-likeness (QED) is 0.415. The van der Waals surface area contributed by atoms with Gasteiger partial charge in [0.2, 0.25) is 0 Å². The summed E-state index contributed by atoms with van der Waals surface area (Å²) < 4.78 is 5.90. The maximum absolute atomic E-state index is 11.8. The van der Waals surface area contributed by atoms with Crippen molar-refractivity contribution < 1.29 is 19.4 Å². The molecule has 0 fully saturated rings. The Balaban J connectivity index is 0.00000150. The molecule has 1 aliphatic heterocycles. The number of fused-ring (bicyclic) bond motifs is 2. The minimum absolute atomic E-state index is 0. The molecule has 0 unspecified atom stereocenters. The summed E-state index contributed by atoms with van der Waals surface area (Å²) in [7, 11) is 0. The van der Waals surface area contributed by atoms with Crippen LogP contribution in [0.4, 0.5) is 0 Å². The molecule has 0 bridgehead atoms. The average molecular weight is 434 g/mol. The lowest BCUT2D eigenvalue weighted by Gasteiger charge is -2.18. The molecule has 2 aromatic carbocycles. The zero-order valence-corrected chi connectivity index (χ0v) is 16.5. The summed E-state index contributed by atoms with van der Waals surface area (Å²) in [6.45, 7) is 0.0231. The van der Waals surface area contributed by atoms with Gasteiger partial charge in [-0.1, -0.05) is 18.2 Å². The highest BCUT2D eigenvalue weighted by Gasteiger charge is 2.23. The minimum Gasteiger partial charge on any atom is -0.507 e. The van der Waals surface area contributed by atoms with Gasteiger partial charge in [-0.15, -0.1) is 24.8 Å². The summed E-state index contributed by atoms with van der Waals surface area (Å²) in [6, 6.07) is 14.1. The first kappa shape index (κ1) is 22.2. The molecule has 4 N–H and O–H groups in total. The Bertz CT molecular complexity index is 1240. The number of aromatic carboxylic acids is 1. The molecule has 0 saturated heterocycles. The smallest absolute Gasteiger partial charge is 0.336 e. The van der Waals surface area contributed by atoms with E-state index in [-0.39, 0.29) is 48.1 Å². The number of carbonyl (C=O) groups is 1. The van der Waals surface area contributed by atoms with E-state index in [1.165, 1.54) is 24.3 Å². The fourth-order valence-corrected chi connectivity index (χ4v) is 3.35. The highest BCUT2D eigenvalue weighted by atomic mass is 35.5. The Kier molecular flexibility index (Phi) is 6.54. The lowest BCUT2D eigenvalue weighted by Crippen LogP contribution is -2.05. The average Bonchev–Trinajstić information content (AvgIpc) is 2.66. The largest absolute Gasteiger partial charge is 0.507 e. The van der Waals surface area contributed by atoms with Gasteiger partial charge in [0.15, 0.2) is 5.43 Å². The standard InChI is InChI=1S/C21H15NO5.2ClH/c22-10-16-17(24)8-7-15-19(12-3-1-2-4-13(12)21(25)26)14-6-5-11(23)9-18(14)27-20(15)16;;/h1-9,24H,10,22H2,(H,25,26);2*1H. The summed E-state index contributed by atoms with van der Waals surface area (Å²) in [6.07, 6.45) is 0. The van der Waals surface area contributed by atoms with Crippen molar-refractivity contribution in [1.29, 1.82) is 0 Å². The summed E-state index contributed by atoms with van der Waals surface area (Å²) in [5, 5.41) is 20.4. The highest BCUT2D eigenvalue weighted by Crippen LogP contribution is 2.43. The number of carboxylic acids is 1. The Labute approximate surface area is 177 Å². The number of rotatable bonds is 3. The molecule has 150 valence electrons. The van der Waals surface area contributed by atoms with Gasteiger partial charge < -0.3 is 20.4 Å². The first-order valence-electron chi connectivity index (χ1n) is 8.25. The molecule has 0 saturated carbocycles. The van der Waals surface area contributed by atoms with E-state index in [1.807, 2.05) is 0 Å². The third-order valence-corrected chi connectivity index (χ3v) is 4.57. The van der Waals surface area contributed by atoms with Crippen molar-refractivity contribution in [2.75, 3.05) is 0 Å². The van der Waals surface area contributed by atoms with Crippen molar-refractivity contribution in [3.8, 4) is 28.2 Å².